The van der Waals surface area contributed by atoms with Gasteiger partial charge >= 0.3 is 0 Å². The van der Waals surface area contributed by atoms with Gasteiger partial charge in [0.2, 0.25) is 11.8 Å². The third-order valence-electron chi connectivity index (χ3n) is 6.79. The summed E-state index contributed by atoms with van der Waals surface area (Å²) in [6.45, 7) is 5.05. The molecule has 0 bridgehead atoms. The first-order valence-corrected chi connectivity index (χ1v) is 16.7. The Balaban J connectivity index is 1.82. The van der Waals surface area contributed by atoms with Crippen molar-refractivity contribution < 1.29 is 18.0 Å². The van der Waals surface area contributed by atoms with Crippen molar-refractivity contribution in [3.05, 3.63) is 130 Å². The Labute approximate surface area is 273 Å². The van der Waals surface area contributed by atoms with E-state index in [1.165, 1.54) is 17.0 Å². The zero-order valence-electron chi connectivity index (χ0n) is 24.8. The summed E-state index contributed by atoms with van der Waals surface area (Å²) in [6.07, 6.45) is 0.211. The molecular weight excluding hydrogens is 662 g/mol. The molecule has 7 nitrogen and oxygen atoms in total. The van der Waals surface area contributed by atoms with Crippen LogP contribution in [0, 0.1) is 0 Å². The van der Waals surface area contributed by atoms with Crippen LogP contribution in [0.4, 0.5) is 5.69 Å². The second-order valence-electron chi connectivity index (χ2n) is 11.4. The third-order valence-corrected chi connectivity index (χ3v) is 9.48. The number of halogens is 2. The van der Waals surface area contributed by atoms with Crippen LogP contribution >= 0.6 is 27.5 Å². The van der Waals surface area contributed by atoms with Crippen LogP contribution in [0.25, 0.3) is 0 Å². The highest BCUT2D eigenvalue weighted by Gasteiger charge is 2.35. The number of anilines is 1. The Hall–Kier alpha value is -3.66. The summed E-state index contributed by atoms with van der Waals surface area (Å²) in [5.74, 6) is -0.916. The van der Waals surface area contributed by atoms with Crippen LogP contribution in [0.2, 0.25) is 5.02 Å². The van der Waals surface area contributed by atoms with Crippen LogP contribution in [0.3, 0.4) is 0 Å². The van der Waals surface area contributed by atoms with Gasteiger partial charge in [-0.3, -0.25) is 13.9 Å². The minimum Gasteiger partial charge on any atom is -0.350 e. The molecule has 4 aromatic carbocycles. The number of benzene rings is 4. The lowest BCUT2D eigenvalue weighted by Crippen LogP contribution is -2.56. The quantitative estimate of drug-likeness (QED) is 0.186. The Bertz CT molecular complexity index is 1680. The van der Waals surface area contributed by atoms with Crippen LogP contribution in [0.1, 0.15) is 31.9 Å². The first kappa shape index (κ1) is 33.2. The number of nitrogens with one attached hydrogen (secondary N) is 1. The van der Waals surface area contributed by atoms with Crippen molar-refractivity contribution in [1.82, 2.24) is 10.2 Å². The van der Waals surface area contributed by atoms with Gasteiger partial charge in [-0.05, 0) is 74.4 Å². The summed E-state index contributed by atoms with van der Waals surface area (Å²) in [5, 5.41) is 3.45. The van der Waals surface area contributed by atoms with E-state index in [0.717, 1.165) is 14.3 Å². The van der Waals surface area contributed by atoms with Gasteiger partial charge in [0.1, 0.15) is 12.6 Å². The van der Waals surface area contributed by atoms with Gasteiger partial charge in [-0.15, -0.1) is 0 Å². The molecule has 10 heteroatoms. The zero-order chi connectivity index (χ0) is 31.9. The minimum absolute atomic E-state index is 0.00681. The number of rotatable bonds is 11. The molecule has 1 atom stereocenters. The molecule has 0 radical (unpaired) electrons. The second kappa shape index (κ2) is 14.4. The van der Waals surface area contributed by atoms with Gasteiger partial charge < -0.3 is 10.2 Å². The number of hydrogen-bond acceptors (Lipinski definition) is 4. The summed E-state index contributed by atoms with van der Waals surface area (Å²) < 4.78 is 29.9. The highest BCUT2D eigenvalue weighted by molar-refractivity contribution is 9.10. The normalized spacial score (nSPS) is 12.3. The molecule has 0 aliphatic rings. The number of carbonyl (C=O) groups is 2. The fourth-order valence-electron chi connectivity index (χ4n) is 4.67. The smallest absolute Gasteiger partial charge is 0.264 e. The minimum atomic E-state index is -4.17. The fourth-order valence-corrected chi connectivity index (χ4v) is 6.57. The number of sulfonamides is 1. The van der Waals surface area contributed by atoms with E-state index in [0.29, 0.717) is 16.3 Å². The lowest BCUT2D eigenvalue weighted by atomic mass is 10.0. The third kappa shape index (κ3) is 8.71. The fraction of sp³-hybridized carbons (Fsp3) is 0.235. The van der Waals surface area contributed by atoms with E-state index >= 15 is 0 Å². The van der Waals surface area contributed by atoms with Crippen LogP contribution in [-0.2, 0) is 32.6 Å². The van der Waals surface area contributed by atoms with Crippen molar-refractivity contribution in [2.75, 3.05) is 10.8 Å². The summed E-state index contributed by atoms with van der Waals surface area (Å²) >= 11 is 9.94. The largest absolute Gasteiger partial charge is 0.350 e. The standard InChI is InChI=1S/C34H35BrClN3O4S/c1-34(2,3)37-33(41)31(22-25-12-6-4-7-13-25)38(23-26-14-10-11-17-30(26)36)32(40)24-39(28-20-18-27(35)19-21-28)44(42,43)29-15-8-5-9-16-29/h4-21,31H,22-24H2,1-3H3,(H,37,41). The molecule has 0 aromatic heterocycles. The lowest BCUT2D eigenvalue weighted by Gasteiger charge is -2.35. The maximum atomic E-state index is 14.5. The van der Waals surface area contributed by atoms with Crippen molar-refractivity contribution in [2.24, 2.45) is 0 Å². The number of hydrogen-bond donors (Lipinski definition) is 1. The first-order valence-electron chi connectivity index (χ1n) is 14.1. The van der Waals surface area contributed by atoms with E-state index in [1.807, 2.05) is 51.1 Å². The van der Waals surface area contributed by atoms with Gasteiger partial charge in [0.05, 0.1) is 10.6 Å². The monoisotopic (exact) mass is 695 g/mol. The molecule has 0 spiro atoms. The molecule has 0 heterocycles. The lowest BCUT2D eigenvalue weighted by molar-refractivity contribution is -0.140. The highest BCUT2D eigenvalue weighted by Crippen LogP contribution is 2.27. The Morgan fingerprint density at radius 3 is 2.00 bits per heavy atom. The molecule has 0 aliphatic carbocycles. The predicted octanol–water partition coefficient (Wildman–Crippen LogP) is 6.85. The molecular formula is C34H35BrClN3O4S. The van der Waals surface area contributed by atoms with Crippen LogP contribution in [0.5, 0.6) is 0 Å². The Morgan fingerprint density at radius 2 is 1.41 bits per heavy atom. The molecule has 0 aliphatic heterocycles. The van der Waals surface area contributed by atoms with E-state index in [9.17, 15) is 18.0 Å². The highest BCUT2D eigenvalue weighted by atomic mass is 79.9. The first-order chi connectivity index (χ1) is 20.8. The predicted molar refractivity (Wildman–Crippen MR) is 179 cm³/mol. The van der Waals surface area contributed by atoms with E-state index < -0.39 is 34.1 Å². The molecule has 0 saturated carbocycles. The van der Waals surface area contributed by atoms with Crippen molar-refractivity contribution in [3.63, 3.8) is 0 Å². The van der Waals surface area contributed by atoms with Gasteiger partial charge in [0, 0.05) is 28.0 Å². The molecule has 0 saturated heterocycles. The van der Waals surface area contributed by atoms with E-state index in [1.54, 1.807) is 66.7 Å². The number of carbonyl (C=O) groups excluding carboxylic acids is 2. The molecule has 2 amide bonds. The van der Waals surface area contributed by atoms with E-state index in [-0.39, 0.29) is 23.8 Å². The van der Waals surface area contributed by atoms with Crippen LogP contribution in [-0.4, -0.2) is 43.3 Å². The van der Waals surface area contributed by atoms with Gasteiger partial charge in [0.25, 0.3) is 10.0 Å². The molecule has 1 N–H and O–H groups in total. The molecule has 1 unspecified atom stereocenters. The van der Waals surface area contributed by atoms with Crippen LogP contribution in [0.15, 0.2) is 119 Å². The topological polar surface area (TPSA) is 86.8 Å². The molecule has 44 heavy (non-hydrogen) atoms. The van der Waals surface area contributed by atoms with Crippen LogP contribution < -0.4 is 9.62 Å². The number of nitrogens with zero attached hydrogens (tertiary/aromatic N) is 2. The molecule has 4 rings (SSSR count). The average molecular weight is 697 g/mol. The van der Waals surface area contributed by atoms with Crippen molar-refractivity contribution in [2.45, 2.75) is 50.2 Å². The van der Waals surface area contributed by atoms with Crippen molar-refractivity contribution in [3.8, 4) is 0 Å². The Morgan fingerprint density at radius 1 is 0.841 bits per heavy atom. The summed E-state index contributed by atoms with van der Waals surface area (Å²) in [6, 6.07) is 30.2. The maximum absolute atomic E-state index is 14.5. The SMILES string of the molecule is CC(C)(C)NC(=O)C(Cc1ccccc1)N(Cc1ccccc1Cl)C(=O)CN(c1ccc(Br)cc1)S(=O)(=O)c1ccccc1. The zero-order valence-corrected chi connectivity index (χ0v) is 27.9. The van der Waals surface area contributed by atoms with Crippen molar-refractivity contribution in [1.29, 1.82) is 0 Å². The maximum Gasteiger partial charge on any atom is 0.264 e. The Kier molecular flexibility index (Phi) is 10.9. The molecule has 4 aromatic rings. The van der Waals surface area contributed by atoms with E-state index in [4.69, 9.17) is 11.6 Å². The number of amides is 2. The summed E-state index contributed by atoms with van der Waals surface area (Å²) in [5.41, 5.74) is 1.21. The van der Waals surface area contributed by atoms with Gasteiger partial charge in [0.15, 0.2) is 0 Å². The van der Waals surface area contributed by atoms with Gasteiger partial charge in [-0.25, -0.2) is 8.42 Å². The van der Waals surface area contributed by atoms with E-state index in [2.05, 4.69) is 21.2 Å². The molecule has 230 valence electrons. The average Bonchev–Trinajstić information content (AvgIpc) is 2.99. The van der Waals surface area contributed by atoms with Gasteiger partial charge in [-0.2, -0.15) is 0 Å². The second-order valence-corrected chi connectivity index (χ2v) is 14.5. The molecule has 0 fully saturated rings. The van der Waals surface area contributed by atoms with Gasteiger partial charge in [-0.1, -0.05) is 94.3 Å². The van der Waals surface area contributed by atoms with Crippen molar-refractivity contribution >= 4 is 55.1 Å². The summed E-state index contributed by atoms with van der Waals surface area (Å²) in [7, 11) is -4.17. The summed E-state index contributed by atoms with van der Waals surface area (Å²) in [4.78, 5) is 29.9.